The van der Waals surface area contributed by atoms with Crippen LogP contribution in [0.4, 0.5) is 0 Å². The van der Waals surface area contributed by atoms with Crippen molar-refractivity contribution in [2.75, 3.05) is 0 Å². The average molecular weight is 252 g/mol. The van der Waals surface area contributed by atoms with Crippen molar-refractivity contribution in [3.8, 4) is 0 Å². The minimum Gasteiger partial charge on any atom is -0.478 e. The van der Waals surface area contributed by atoms with Gasteiger partial charge in [0.1, 0.15) is 17.6 Å². The first kappa shape index (κ1) is 11.9. The predicted molar refractivity (Wildman–Crippen MR) is 63.4 cm³/mol. The van der Waals surface area contributed by atoms with Crippen LogP contribution in [0, 0.1) is 0 Å². The van der Waals surface area contributed by atoms with Gasteiger partial charge in [0.2, 0.25) is 0 Å². The highest BCUT2D eigenvalue weighted by Gasteiger charge is 2.22. The Labute approximate surface area is 102 Å². The number of aryl methyl sites for hydroxylation is 1. The lowest BCUT2D eigenvalue weighted by Gasteiger charge is -2.06. The molecule has 0 aliphatic heterocycles. The van der Waals surface area contributed by atoms with E-state index in [2.05, 4.69) is 0 Å². The van der Waals surface area contributed by atoms with Gasteiger partial charge in [-0.3, -0.25) is 0 Å². The number of aliphatic hydroxyl groups excluding tert-OH is 1. The molecule has 2 aromatic heterocycles. The number of aromatic carboxylic acids is 1. The van der Waals surface area contributed by atoms with E-state index in [4.69, 9.17) is 9.52 Å². The monoisotopic (exact) mass is 252 g/mol. The van der Waals surface area contributed by atoms with Crippen molar-refractivity contribution in [3.05, 3.63) is 45.5 Å². The molecule has 0 amide bonds. The molecule has 1 unspecified atom stereocenters. The van der Waals surface area contributed by atoms with E-state index in [1.807, 2.05) is 6.92 Å². The van der Waals surface area contributed by atoms with Gasteiger partial charge in [-0.1, -0.05) is 6.92 Å². The molecule has 0 spiro atoms. The topological polar surface area (TPSA) is 70.7 Å². The molecule has 0 aromatic carbocycles. The summed E-state index contributed by atoms with van der Waals surface area (Å²) in [7, 11) is 0. The first-order chi connectivity index (χ1) is 8.13. The van der Waals surface area contributed by atoms with Gasteiger partial charge in [-0.15, -0.1) is 11.3 Å². The highest BCUT2D eigenvalue weighted by Crippen LogP contribution is 2.30. The number of rotatable bonds is 4. The van der Waals surface area contributed by atoms with Crippen LogP contribution in [0.15, 0.2) is 28.0 Å². The van der Waals surface area contributed by atoms with E-state index in [0.717, 1.165) is 12.2 Å². The maximum Gasteiger partial charge on any atom is 0.336 e. The number of furan rings is 1. The van der Waals surface area contributed by atoms with Crippen LogP contribution in [0.2, 0.25) is 0 Å². The first-order valence-corrected chi connectivity index (χ1v) is 6.08. The SMILES string of the molecule is CCc1ccc(C(O)c2sccc2C(=O)O)o1. The molecule has 17 heavy (non-hydrogen) atoms. The zero-order valence-electron chi connectivity index (χ0n) is 9.21. The van der Waals surface area contributed by atoms with Crippen LogP contribution in [0.1, 0.15) is 39.8 Å². The van der Waals surface area contributed by atoms with Crippen molar-refractivity contribution in [1.29, 1.82) is 0 Å². The van der Waals surface area contributed by atoms with Crippen LogP contribution in [-0.4, -0.2) is 16.2 Å². The van der Waals surface area contributed by atoms with E-state index in [1.165, 1.54) is 17.4 Å². The van der Waals surface area contributed by atoms with Crippen LogP contribution >= 0.6 is 11.3 Å². The second-order valence-electron chi connectivity index (χ2n) is 3.56. The van der Waals surface area contributed by atoms with Gasteiger partial charge < -0.3 is 14.6 Å². The predicted octanol–water partition coefficient (Wildman–Crippen LogP) is 2.68. The zero-order chi connectivity index (χ0) is 12.4. The summed E-state index contributed by atoms with van der Waals surface area (Å²) in [6.45, 7) is 1.95. The van der Waals surface area contributed by atoms with E-state index in [9.17, 15) is 9.90 Å². The second kappa shape index (κ2) is 4.73. The summed E-state index contributed by atoms with van der Waals surface area (Å²) >= 11 is 1.21. The summed E-state index contributed by atoms with van der Waals surface area (Å²) in [6.07, 6.45) is -0.274. The van der Waals surface area contributed by atoms with Gasteiger partial charge in [0.15, 0.2) is 0 Å². The number of aliphatic hydroxyl groups is 1. The van der Waals surface area contributed by atoms with Gasteiger partial charge in [0, 0.05) is 6.42 Å². The molecule has 2 N–H and O–H groups in total. The molecule has 0 bridgehead atoms. The Hall–Kier alpha value is -1.59. The average Bonchev–Trinajstić information content (AvgIpc) is 2.97. The van der Waals surface area contributed by atoms with Crippen LogP contribution in [0.25, 0.3) is 0 Å². The van der Waals surface area contributed by atoms with Crippen molar-refractivity contribution < 1.29 is 19.4 Å². The van der Waals surface area contributed by atoms with Crippen molar-refractivity contribution in [2.45, 2.75) is 19.4 Å². The minimum absolute atomic E-state index is 0.122. The summed E-state index contributed by atoms with van der Waals surface area (Å²) in [5.41, 5.74) is 0.122. The van der Waals surface area contributed by atoms with Gasteiger partial charge in [0.05, 0.1) is 10.4 Å². The minimum atomic E-state index is -1.04. The fraction of sp³-hybridized carbons (Fsp3) is 0.250. The van der Waals surface area contributed by atoms with Gasteiger partial charge in [-0.25, -0.2) is 4.79 Å². The fourth-order valence-electron chi connectivity index (χ4n) is 1.57. The Bertz CT molecular complexity index is 526. The number of hydrogen-bond acceptors (Lipinski definition) is 4. The van der Waals surface area contributed by atoms with Crippen LogP contribution < -0.4 is 0 Å². The molecule has 0 aliphatic carbocycles. The molecule has 2 rings (SSSR count). The molecule has 0 radical (unpaired) electrons. The number of carboxylic acid groups (broad SMARTS) is 1. The highest BCUT2D eigenvalue weighted by atomic mass is 32.1. The normalized spacial score (nSPS) is 12.6. The molecule has 4 nitrogen and oxygen atoms in total. The third-order valence-corrected chi connectivity index (χ3v) is 3.44. The number of hydrogen-bond donors (Lipinski definition) is 2. The summed E-state index contributed by atoms with van der Waals surface area (Å²) in [4.78, 5) is 11.3. The Kier molecular flexibility index (Phi) is 3.31. The molecule has 90 valence electrons. The number of thiophene rings is 1. The zero-order valence-corrected chi connectivity index (χ0v) is 10.0. The molecule has 0 saturated heterocycles. The highest BCUT2D eigenvalue weighted by molar-refractivity contribution is 7.10. The van der Waals surface area contributed by atoms with Crippen molar-refractivity contribution in [1.82, 2.24) is 0 Å². The van der Waals surface area contributed by atoms with Crippen LogP contribution in [0.3, 0.4) is 0 Å². The second-order valence-corrected chi connectivity index (χ2v) is 4.51. The maximum atomic E-state index is 10.9. The summed E-state index contributed by atoms with van der Waals surface area (Å²) in [5, 5.41) is 20.7. The van der Waals surface area contributed by atoms with E-state index < -0.39 is 12.1 Å². The third-order valence-electron chi connectivity index (χ3n) is 2.47. The summed E-state index contributed by atoms with van der Waals surface area (Å²) in [5.74, 6) is 0.113. The molecule has 2 aromatic rings. The van der Waals surface area contributed by atoms with Gasteiger partial charge in [-0.05, 0) is 23.6 Å². The lowest BCUT2D eigenvalue weighted by atomic mass is 10.1. The molecular formula is C12H12O4S. The smallest absolute Gasteiger partial charge is 0.336 e. The van der Waals surface area contributed by atoms with E-state index >= 15 is 0 Å². The molecule has 0 saturated carbocycles. The van der Waals surface area contributed by atoms with Crippen molar-refractivity contribution >= 4 is 17.3 Å². The van der Waals surface area contributed by atoms with Gasteiger partial charge in [-0.2, -0.15) is 0 Å². The fourth-order valence-corrected chi connectivity index (χ4v) is 2.45. The molecule has 5 heteroatoms. The van der Waals surface area contributed by atoms with E-state index in [-0.39, 0.29) is 5.56 Å². The number of carboxylic acids is 1. The molecular weight excluding hydrogens is 240 g/mol. The molecule has 0 fully saturated rings. The first-order valence-electron chi connectivity index (χ1n) is 5.20. The third kappa shape index (κ3) is 2.25. The molecule has 1 atom stereocenters. The lowest BCUT2D eigenvalue weighted by Crippen LogP contribution is -2.03. The Balaban J connectivity index is 2.33. The standard InChI is InChI=1S/C12H12O4S/c1-2-7-3-4-9(16-7)10(13)11-8(12(14)15)5-6-17-11/h3-6,10,13H,2H2,1H3,(H,14,15). The van der Waals surface area contributed by atoms with Crippen molar-refractivity contribution in [2.24, 2.45) is 0 Å². The molecule has 0 aliphatic rings. The summed E-state index contributed by atoms with van der Waals surface area (Å²) < 4.78 is 5.42. The van der Waals surface area contributed by atoms with E-state index in [1.54, 1.807) is 17.5 Å². The van der Waals surface area contributed by atoms with Crippen LogP contribution in [-0.2, 0) is 6.42 Å². The van der Waals surface area contributed by atoms with Gasteiger partial charge >= 0.3 is 5.97 Å². The quantitative estimate of drug-likeness (QED) is 0.877. The Morgan fingerprint density at radius 2 is 2.24 bits per heavy atom. The summed E-state index contributed by atoms with van der Waals surface area (Å²) in [6, 6.07) is 4.94. The van der Waals surface area contributed by atoms with E-state index in [0.29, 0.717) is 10.6 Å². The number of carbonyl (C=O) groups is 1. The van der Waals surface area contributed by atoms with Crippen molar-refractivity contribution in [3.63, 3.8) is 0 Å². The Morgan fingerprint density at radius 1 is 1.47 bits per heavy atom. The molecule has 2 heterocycles. The lowest BCUT2D eigenvalue weighted by molar-refractivity contribution is 0.0691. The Morgan fingerprint density at radius 3 is 2.82 bits per heavy atom. The van der Waals surface area contributed by atoms with Gasteiger partial charge in [0.25, 0.3) is 0 Å². The van der Waals surface area contributed by atoms with Crippen LogP contribution in [0.5, 0.6) is 0 Å². The maximum absolute atomic E-state index is 10.9. The largest absolute Gasteiger partial charge is 0.478 e.